The summed E-state index contributed by atoms with van der Waals surface area (Å²) < 4.78 is 90.8. The average Bonchev–Trinajstić information content (AvgIpc) is 1.67. The first-order valence-corrected chi connectivity index (χ1v) is 48.2. The topological polar surface area (TPSA) is 410 Å². The largest absolute Gasteiger partial charge is 0.397 e. The maximum Gasteiger partial charge on any atom is 0.333 e. The lowest BCUT2D eigenvalue weighted by Gasteiger charge is -2.18. The number of aliphatic hydroxyl groups excluding tert-OH is 5. The van der Waals surface area contributed by atoms with Crippen molar-refractivity contribution in [3.8, 4) is 0 Å². The minimum absolute atomic E-state index is 0. The van der Waals surface area contributed by atoms with E-state index in [9.17, 15) is 55.4 Å². The molecule has 142 heavy (non-hydrogen) atoms. The Kier molecular flexibility index (Phi) is 48.7. The summed E-state index contributed by atoms with van der Waals surface area (Å²) in [4.78, 5) is 86.5. The van der Waals surface area contributed by atoms with E-state index in [1.807, 2.05) is 73.7 Å². The number of benzene rings is 4. The highest BCUT2D eigenvalue weighted by molar-refractivity contribution is 7.84. The van der Waals surface area contributed by atoms with Crippen molar-refractivity contribution in [2.45, 2.75) is 184 Å². The Morgan fingerprint density at radius 1 is 0.423 bits per heavy atom. The smallest absolute Gasteiger partial charge is 0.333 e. The number of halogens is 14. The van der Waals surface area contributed by atoms with Crippen LogP contribution in [-0.4, -0.2) is 203 Å². The van der Waals surface area contributed by atoms with Crippen LogP contribution in [0.3, 0.4) is 0 Å². The van der Waals surface area contributed by atoms with Gasteiger partial charge in [0, 0.05) is 150 Å². The molecule has 0 unspecified atom stereocenters. The van der Waals surface area contributed by atoms with E-state index in [1.54, 1.807) is 105 Å². The number of nitrogens with zero attached hydrogens (tertiary/aromatic N) is 12. The molecule has 16 atom stereocenters. The molecule has 8 aromatic heterocycles. The van der Waals surface area contributed by atoms with Gasteiger partial charge in [0.2, 0.25) is 0 Å². The van der Waals surface area contributed by atoms with Gasteiger partial charge >= 0.3 is 10.3 Å². The molecule has 0 bridgehead atoms. The number of aliphatic hydroxyl groups is 5. The van der Waals surface area contributed by atoms with Gasteiger partial charge in [0.25, 0.3) is 0 Å². The quantitative estimate of drug-likeness (QED) is 0.00901. The predicted octanol–water partition coefficient (Wildman–Crippen LogP) is 20.8. The van der Waals surface area contributed by atoms with Crippen LogP contribution in [0.2, 0.25) is 45.9 Å². The van der Waals surface area contributed by atoms with Gasteiger partial charge < -0.3 is 59.8 Å². The zero-order chi connectivity index (χ0) is 99.2. The van der Waals surface area contributed by atoms with Crippen LogP contribution in [0.25, 0.3) is 0 Å². The fourth-order valence-electron chi connectivity index (χ4n) is 16.3. The molecule has 4 saturated carbocycles. The van der Waals surface area contributed by atoms with Crippen LogP contribution < -0.4 is 25.9 Å². The van der Waals surface area contributed by atoms with Crippen LogP contribution in [0, 0.1) is 35.5 Å². The minimum Gasteiger partial charge on any atom is -0.397 e. The summed E-state index contributed by atoms with van der Waals surface area (Å²) in [5, 5.41) is 63.1. The molecule has 0 aliphatic heterocycles. The molecule has 0 amide bonds. The summed E-state index contributed by atoms with van der Waals surface area (Å²) in [6.07, 6.45) is 11.9. The number of nitrogens with one attached hydrogen (secondary N) is 4. The van der Waals surface area contributed by atoms with Gasteiger partial charge in [-0.3, -0.25) is 23.4 Å². The lowest BCUT2D eigenvalue weighted by atomic mass is 9.95. The summed E-state index contributed by atoms with van der Waals surface area (Å²) in [5.74, 6) is -2.01. The molecule has 29 nitrogen and oxygen atoms in total. The number of ketones is 4. The van der Waals surface area contributed by atoms with Crippen LogP contribution in [0.1, 0.15) is 183 Å². The van der Waals surface area contributed by atoms with Gasteiger partial charge in [-0.15, -0.1) is 0 Å². The number of carbonyl (C=O) groups is 4. The number of rotatable bonds is 29. The van der Waals surface area contributed by atoms with Crippen molar-refractivity contribution in [3.63, 3.8) is 0 Å². The highest BCUT2D eigenvalue weighted by atomic mass is 35.5. The Balaban J connectivity index is 0.000000276. The molecule has 4 aliphatic rings. The minimum atomic E-state index is -4.24. The summed E-state index contributed by atoms with van der Waals surface area (Å²) in [6.45, 7) is 8.80. The molecular formula is C98H117Cl10F4N17O12S. The van der Waals surface area contributed by atoms with Crippen LogP contribution in [0.15, 0.2) is 196 Å². The Labute approximate surface area is 874 Å². The first-order chi connectivity index (χ1) is 65.4. The molecule has 44 heteroatoms. The maximum atomic E-state index is 14.8. The molecule has 0 radical (unpaired) electrons. The summed E-state index contributed by atoms with van der Waals surface area (Å²) in [6, 6.07) is 33.4. The highest BCUT2D eigenvalue weighted by Crippen LogP contribution is 2.41. The van der Waals surface area contributed by atoms with Gasteiger partial charge in [-0.1, -0.05) is 217 Å². The van der Waals surface area contributed by atoms with Crippen LogP contribution in [-0.2, 0) is 40.7 Å². The zero-order valence-corrected chi connectivity index (χ0v) is 82.0. The summed E-state index contributed by atoms with van der Waals surface area (Å²) in [7, 11) is -4.24. The maximum absolute atomic E-state index is 14.8. The standard InChI is InChI=1S/C24H25Cl2FN4O.C23H23Cl2FN4O2.C22H22Cl2FN5O5S.C16H10Cl3N3O.C6H11ClFNO2.C2H6O.5CH4/c1-3-16-8-20(22(27)14(16)2)30-24-19(10-28-13-29-24)23(32)17-9-21(26)31(12-17)11-15-5-4-6-18(25)7-15;1-13-16(11-31)6-19(21(13)26)29-23-18(8-27-12-28-23)22(32)15-7-20(25)30(10-15)9-14-3-2-4-17(24)5-14;23-15-3-1-2-12(4-15)8-30-9-13(6-18(30)24)20(31)16-7-27-11-28-22(16)29-17-5-14(21(32)19(17)25)10-35-36(26,33)34;17-12-3-1-2-10(4-12)7-22-8-11(5-14(22)18)15(23)13-6-20-9-21-16(13)19;7-9-4-1-3(2-10)6(11)5(4)8;1-2-3;;;;;/h4-7,9-10,12-14,16,20,22H,3,8,11H2,1-2H3,(H,28,29,30);2-5,7-8,10,12-13,16,19,21,31H,6,9,11H2,1H3,(H,27,28,29);1-4,6-7,9,11,14,17,19,21,32H,5,8,10H2,(H2,26,33,34)(H,27,28,29);1-6,8-9H,7H2;3-6,9-11H,1-2H2;3H,2H2,1H3;5*1H4/t14-,16+,20-,22+;13-,16-,19-,21+;14-,17-,19-,21-;;3-,4-,5-,6-;;;;;;/m111.1....../s1. The third kappa shape index (κ3) is 32.3. The SMILES string of the molecule is C.C.C.C.C.CCO.CC[C@H]1C[C@@H](Nc2ncncc2C(=O)c2cc(Cl)n(Cc3cccc(Cl)c3)c2)[C@@H](F)[C@@H]1C.C[C@@H]1[C@@H](CO)C[C@@H](Nc2ncncc2C(=O)c2cc(Cl)n(Cc3cccc(Cl)c3)c2)[C@H]1F.NS(=O)(=O)OC[C@H]1C[C@@H](Nc2ncncc2C(=O)c2cc(Cl)n(Cc3cccc(Cl)c3)c2)[C@@H](F)[C@@H]1O.O=C(c1cc(Cl)n(Cc2cccc(Cl)c2)c1)c1cncnc1Cl.OC[C@H]1C[C@@H](NCl)[C@@H](F)[C@@H]1O. The van der Waals surface area contributed by atoms with Crippen molar-refractivity contribution in [2.24, 2.45) is 40.6 Å². The molecule has 770 valence electrons. The Morgan fingerprint density at radius 3 is 0.986 bits per heavy atom. The molecule has 0 spiro atoms. The highest BCUT2D eigenvalue weighted by Gasteiger charge is 2.46. The second-order valence-corrected chi connectivity index (χ2v) is 38.0. The predicted molar refractivity (Wildman–Crippen MR) is 554 cm³/mol. The molecule has 12 aromatic rings. The second-order valence-electron chi connectivity index (χ2n) is 32.9. The van der Waals surface area contributed by atoms with Crippen molar-refractivity contribution < 1.29 is 74.9 Å². The van der Waals surface area contributed by atoms with Crippen LogP contribution in [0.4, 0.5) is 35.0 Å². The van der Waals surface area contributed by atoms with E-state index in [-0.39, 0.29) is 149 Å². The third-order valence-electron chi connectivity index (χ3n) is 23.6. The summed E-state index contributed by atoms with van der Waals surface area (Å²) in [5.41, 5.74) is 6.10. The Morgan fingerprint density at radius 2 is 0.704 bits per heavy atom. The fourth-order valence-corrected chi connectivity index (χ4v) is 18.8. The lowest BCUT2D eigenvalue weighted by Crippen LogP contribution is -2.33. The Hall–Kier alpha value is -9.35. The zero-order valence-electron chi connectivity index (χ0n) is 73.6. The van der Waals surface area contributed by atoms with Gasteiger partial charge in [-0.25, -0.2) is 67.4 Å². The van der Waals surface area contributed by atoms with Crippen LogP contribution >= 0.6 is 116 Å². The number of nitrogens with two attached hydrogens (primary N) is 1. The van der Waals surface area contributed by atoms with Gasteiger partial charge in [0.1, 0.15) is 93.2 Å². The van der Waals surface area contributed by atoms with Gasteiger partial charge in [0.05, 0.1) is 65.2 Å². The van der Waals surface area contributed by atoms with Gasteiger partial charge in [-0.2, -0.15) is 8.42 Å². The second kappa shape index (κ2) is 56.9. The van der Waals surface area contributed by atoms with Crippen LogP contribution in [0.5, 0.6) is 0 Å². The number of aromatic nitrogens is 12. The number of hydrogen-bond donors (Lipinski definition) is 10. The fraction of sp³-hybridized carbons (Fsp3) is 0.388. The number of alkyl halides is 4. The first kappa shape index (κ1) is 121. The lowest BCUT2D eigenvalue weighted by molar-refractivity contribution is 0.0430. The van der Waals surface area contributed by atoms with E-state index in [0.29, 0.717) is 120 Å². The summed E-state index contributed by atoms with van der Waals surface area (Å²) >= 11 is 60.6. The Bertz CT molecular complexity index is 6050. The van der Waals surface area contributed by atoms with Crippen molar-refractivity contribution in [1.82, 2.24) is 63.0 Å². The number of carbonyl (C=O) groups excluding carboxylic acids is 4. The van der Waals surface area contributed by atoms with Gasteiger partial charge in [-0.05, 0) is 163 Å². The number of hydrogen-bond acceptors (Lipinski definition) is 24. The third-order valence-corrected chi connectivity index (χ3v) is 26.9. The van der Waals surface area contributed by atoms with E-state index in [2.05, 4.69) is 71.8 Å². The van der Waals surface area contributed by atoms with Crippen molar-refractivity contribution in [1.29, 1.82) is 0 Å². The average molecular weight is 2190 g/mol. The normalized spacial score (nSPS) is 21.2. The molecular weight excluding hydrogens is 2070 g/mol. The van der Waals surface area contributed by atoms with E-state index in [4.69, 9.17) is 137 Å². The van der Waals surface area contributed by atoms with Crippen molar-refractivity contribution in [3.05, 3.63) is 309 Å². The molecule has 11 N–H and O–H groups in total. The molecule has 4 fully saturated rings. The van der Waals surface area contributed by atoms with Crippen molar-refractivity contribution >= 4 is 167 Å². The molecule has 4 aliphatic carbocycles. The van der Waals surface area contributed by atoms with E-state index >= 15 is 0 Å². The van der Waals surface area contributed by atoms with Crippen molar-refractivity contribution in [2.75, 3.05) is 42.4 Å². The number of anilines is 3. The van der Waals surface area contributed by atoms with E-state index < -0.39 is 83.6 Å². The molecule has 8 heterocycles. The molecule has 0 saturated heterocycles. The van der Waals surface area contributed by atoms with E-state index in [0.717, 1.165) is 28.7 Å². The first-order valence-electron chi connectivity index (χ1n) is 42.9. The monoisotopic (exact) mass is 2180 g/mol. The van der Waals surface area contributed by atoms with E-state index in [1.165, 1.54) is 56.2 Å². The van der Waals surface area contributed by atoms with Gasteiger partial charge in [0.15, 0.2) is 23.1 Å². The molecule has 16 rings (SSSR count). The molecule has 4 aromatic carbocycles.